The maximum atomic E-state index is 10.2. The van der Waals surface area contributed by atoms with E-state index in [1.807, 2.05) is 18.2 Å². The molecule has 0 spiro atoms. The average Bonchev–Trinajstić information content (AvgIpc) is 2.52. The molecule has 0 saturated carbocycles. The van der Waals surface area contributed by atoms with E-state index >= 15 is 0 Å². The van der Waals surface area contributed by atoms with Gasteiger partial charge in [-0.15, -0.1) is 0 Å². The van der Waals surface area contributed by atoms with Gasteiger partial charge in [0, 0.05) is 6.42 Å². The number of aldehydes is 1. The number of rotatable bonds is 3. The Morgan fingerprint density at radius 3 is 3.09 bits per heavy atom. The molecule has 0 atom stereocenters. The molecule has 0 aliphatic carbocycles. The lowest BCUT2D eigenvalue weighted by Gasteiger charge is -1.88. The van der Waals surface area contributed by atoms with E-state index in [1.54, 1.807) is 13.2 Å². The highest BCUT2D eigenvalue weighted by Gasteiger charge is 1.91. The average molecular weight is 150 g/mol. The maximum Gasteiger partial charge on any atom is 0.145 e. The minimum Gasteiger partial charge on any atom is -0.469 e. The Bertz CT molecular complexity index is 245. The molecule has 2 heteroatoms. The zero-order chi connectivity index (χ0) is 8.10. The predicted octanol–water partition coefficient (Wildman–Crippen LogP) is 1.97. The molecule has 0 aliphatic rings. The van der Waals surface area contributed by atoms with E-state index in [-0.39, 0.29) is 0 Å². The Balaban J connectivity index is 2.51. The van der Waals surface area contributed by atoms with Gasteiger partial charge in [0.2, 0.25) is 0 Å². The van der Waals surface area contributed by atoms with Crippen molar-refractivity contribution in [3.05, 3.63) is 35.8 Å². The summed E-state index contributed by atoms with van der Waals surface area (Å²) in [6.07, 6.45) is 4.99. The number of hydrogen-bond donors (Lipinski definition) is 0. The van der Waals surface area contributed by atoms with Gasteiger partial charge in [-0.3, -0.25) is 4.79 Å². The molecule has 2 nitrogen and oxygen atoms in total. The summed E-state index contributed by atoms with van der Waals surface area (Å²) in [5.41, 5.74) is 0.737. The Kier molecular flexibility index (Phi) is 2.66. The molecule has 0 N–H and O–H groups in total. The highest BCUT2D eigenvalue weighted by molar-refractivity contribution is 5.72. The third-order valence-electron chi connectivity index (χ3n) is 1.39. The fourth-order valence-electron chi connectivity index (χ4n) is 0.738. The second kappa shape index (κ2) is 3.76. The maximum absolute atomic E-state index is 10.2. The fraction of sp³-hybridized carbons (Fsp3) is 0.222. The zero-order valence-corrected chi connectivity index (χ0v) is 6.41. The van der Waals surface area contributed by atoms with Crippen LogP contribution >= 0.6 is 0 Å². The third kappa shape index (κ3) is 2.42. The number of hydrogen-bond acceptors (Lipinski definition) is 2. The smallest absolute Gasteiger partial charge is 0.145 e. The van der Waals surface area contributed by atoms with Gasteiger partial charge in [0.1, 0.15) is 12.0 Å². The van der Waals surface area contributed by atoms with Gasteiger partial charge in [-0.05, 0) is 24.6 Å². The summed E-state index contributed by atoms with van der Waals surface area (Å²) >= 11 is 0. The van der Waals surface area contributed by atoms with E-state index in [0.717, 1.165) is 17.6 Å². The van der Waals surface area contributed by atoms with Crippen LogP contribution in [-0.2, 0) is 11.2 Å². The predicted molar refractivity (Wildman–Crippen MR) is 42.2 cm³/mol. The normalized spacial score (nSPS) is 11.5. The van der Waals surface area contributed by atoms with Crippen molar-refractivity contribution in [2.45, 2.75) is 13.3 Å². The second-order valence-electron chi connectivity index (χ2n) is 2.35. The van der Waals surface area contributed by atoms with Crippen LogP contribution in [0.5, 0.6) is 0 Å². The van der Waals surface area contributed by atoms with E-state index in [0.29, 0.717) is 6.42 Å². The molecule has 58 valence electrons. The molecule has 0 bridgehead atoms. The SMILES string of the molecule is CC(C=O)=CCc1ccco1. The summed E-state index contributed by atoms with van der Waals surface area (Å²) in [5.74, 6) is 0.881. The van der Waals surface area contributed by atoms with Gasteiger partial charge < -0.3 is 4.42 Å². The largest absolute Gasteiger partial charge is 0.469 e. The summed E-state index contributed by atoms with van der Waals surface area (Å²) in [6, 6.07) is 3.72. The lowest BCUT2D eigenvalue weighted by Crippen LogP contribution is -1.80. The first-order valence-corrected chi connectivity index (χ1v) is 3.47. The van der Waals surface area contributed by atoms with Gasteiger partial charge in [-0.2, -0.15) is 0 Å². The number of carbonyl (C=O) groups excluding carboxylic acids is 1. The Hall–Kier alpha value is -1.31. The van der Waals surface area contributed by atoms with Crippen molar-refractivity contribution in [1.29, 1.82) is 0 Å². The van der Waals surface area contributed by atoms with E-state index < -0.39 is 0 Å². The molecule has 0 saturated heterocycles. The van der Waals surface area contributed by atoms with Crippen molar-refractivity contribution < 1.29 is 9.21 Å². The van der Waals surface area contributed by atoms with Crippen LogP contribution in [0.2, 0.25) is 0 Å². The molecule has 0 radical (unpaired) electrons. The summed E-state index contributed by atoms with van der Waals surface area (Å²) in [6.45, 7) is 1.77. The second-order valence-corrected chi connectivity index (χ2v) is 2.35. The molecular formula is C9H10O2. The molecule has 0 amide bonds. The van der Waals surface area contributed by atoms with Crippen molar-refractivity contribution in [3.8, 4) is 0 Å². The van der Waals surface area contributed by atoms with Crippen molar-refractivity contribution in [2.24, 2.45) is 0 Å². The Labute approximate surface area is 65.5 Å². The van der Waals surface area contributed by atoms with Crippen LogP contribution in [0.4, 0.5) is 0 Å². The Morgan fingerprint density at radius 1 is 1.73 bits per heavy atom. The van der Waals surface area contributed by atoms with Gasteiger partial charge in [0.15, 0.2) is 0 Å². The number of carbonyl (C=O) groups is 1. The number of allylic oxidation sites excluding steroid dienone is 2. The van der Waals surface area contributed by atoms with Crippen LogP contribution in [0.1, 0.15) is 12.7 Å². The fourth-order valence-corrected chi connectivity index (χ4v) is 0.738. The lowest BCUT2D eigenvalue weighted by molar-refractivity contribution is -0.104. The van der Waals surface area contributed by atoms with Gasteiger partial charge in [-0.1, -0.05) is 6.08 Å². The molecule has 1 aromatic rings. The standard InChI is InChI=1S/C9H10O2/c1-8(7-10)4-5-9-3-2-6-11-9/h2-4,6-7H,5H2,1H3. The van der Waals surface area contributed by atoms with Gasteiger partial charge in [0.05, 0.1) is 6.26 Å². The van der Waals surface area contributed by atoms with Gasteiger partial charge in [-0.25, -0.2) is 0 Å². The van der Waals surface area contributed by atoms with Gasteiger partial charge in [0.25, 0.3) is 0 Å². The number of furan rings is 1. The lowest BCUT2D eigenvalue weighted by atomic mass is 10.2. The Morgan fingerprint density at radius 2 is 2.55 bits per heavy atom. The van der Waals surface area contributed by atoms with Crippen molar-refractivity contribution in [1.82, 2.24) is 0 Å². The molecule has 1 rings (SSSR count). The van der Waals surface area contributed by atoms with E-state index in [4.69, 9.17) is 4.42 Å². The zero-order valence-electron chi connectivity index (χ0n) is 6.41. The van der Waals surface area contributed by atoms with Crippen LogP contribution in [-0.4, -0.2) is 6.29 Å². The molecule has 0 aromatic carbocycles. The molecular weight excluding hydrogens is 140 g/mol. The van der Waals surface area contributed by atoms with Crippen LogP contribution in [0.3, 0.4) is 0 Å². The summed E-state index contributed by atoms with van der Waals surface area (Å²) in [5, 5.41) is 0. The minimum atomic E-state index is 0.692. The van der Waals surface area contributed by atoms with Crippen molar-refractivity contribution in [2.75, 3.05) is 0 Å². The minimum absolute atomic E-state index is 0.692. The summed E-state index contributed by atoms with van der Waals surface area (Å²) in [4.78, 5) is 10.2. The summed E-state index contributed by atoms with van der Waals surface area (Å²) < 4.78 is 5.07. The summed E-state index contributed by atoms with van der Waals surface area (Å²) in [7, 11) is 0. The van der Waals surface area contributed by atoms with Gasteiger partial charge >= 0.3 is 0 Å². The quantitative estimate of drug-likeness (QED) is 0.487. The molecule has 11 heavy (non-hydrogen) atoms. The molecule has 1 aromatic heterocycles. The van der Waals surface area contributed by atoms with Crippen molar-refractivity contribution >= 4 is 6.29 Å². The van der Waals surface area contributed by atoms with Crippen LogP contribution in [0, 0.1) is 0 Å². The highest BCUT2D eigenvalue weighted by Crippen LogP contribution is 2.02. The van der Waals surface area contributed by atoms with E-state index in [9.17, 15) is 4.79 Å². The van der Waals surface area contributed by atoms with Crippen LogP contribution < -0.4 is 0 Å². The van der Waals surface area contributed by atoms with Crippen LogP contribution in [0.25, 0.3) is 0 Å². The molecule has 1 heterocycles. The third-order valence-corrected chi connectivity index (χ3v) is 1.39. The molecule has 0 fully saturated rings. The van der Waals surface area contributed by atoms with E-state index in [1.165, 1.54) is 0 Å². The first-order valence-electron chi connectivity index (χ1n) is 3.47. The monoisotopic (exact) mass is 150 g/mol. The highest BCUT2D eigenvalue weighted by atomic mass is 16.3. The van der Waals surface area contributed by atoms with Crippen molar-refractivity contribution in [3.63, 3.8) is 0 Å². The molecule has 0 aliphatic heterocycles. The first kappa shape index (κ1) is 7.79. The molecule has 0 unspecified atom stereocenters. The first-order chi connectivity index (χ1) is 5.33. The van der Waals surface area contributed by atoms with Crippen LogP contribution in [0.15, 0.2) is 34.5 Å². The topological polar surface area (TPSA) is 30.2 Å². The van der Waals surface area contributed by atoms with E-state index in [2.05, 4.69) is 0 Å².